The average Bonchev–Trinajstić information content (AvgIpc) is 3.28. The highest BCUT2D eigenvalue weighted by Gasteiger charge is 2.68. The number of amides is 1. The predicted octanol–water partition coefficient (Wildman–Crippen LogP) is 6.25. The second-order valence-corrected chi connectivity index (χ2v) is 12.2. The fraction of sp³-hybridized carbons (Fsp3) is 0.448. The number of ether oxygens (including phenoxy) is 1. The summed E-state index contributed by atoms with van der Waals surface area (Å²) < 4.78 is 26.3. The van der Waals surface area contributed by atoms with Crippen LogP contribution in [0, 0.1) is 10.8 Å². The maximum atomic E-state index is 17.6. The lowest BCUT2D eigenvalue weighted by Crippen LogP contribution is -2.74. The number of hydrogen-bond donors (Lipinski definition) is 1. The minimum atomic E-state index is -2.00. The number of nitrogens with zero attached hydrogens (tertiary/aromatic N) is 5. The van der Waals surface area contributed by atoms with E-state index in [1.165, 1.54) is 0 Å². The van der Waals surface area contributed by atoms with Gasteiger partial charge in [0.05, 0.1) is 6.54 Å². The first-order valence-electron chi connectivity index (χ1n) is 12.8. The quantitative estimate of drug-likeness (QED) is 0.344. The molecule has 1 saturated heterocycles. The first-order valence-corrected chi connectivity index (χ1v) is 12.8. The molecule has 0 aliphatic carbocycles. The average molecular weight is 520 g/mol. The van der Waals surface area contributed by atoms with Gasteiger partial charge >= 0.3 is 6.09 Å². The molecule has 1 N–H and O–H groups in total. The van der Waals surface area contributed by atoms with E-state index in [1.54, 1.807) is 26.8 Å². The van der Waals surface area contributed by atoms with Gasteiger partial charge in [-0.25, -0.2) is 14.2 Å². The van der Waals surface area contributed by atoms with Crippen molar-refractivity contribution in [3.63, 3.8) is 0 Å². The van der Waals surface area contributed by atoms with Gasteiger partial charge in [0, 0.05) is 35.4 Å². The number of carbonyl (C=O) groups is 1. The van der Waals surface area contributed by atoms with Gasteiger partial charge in [0.1, 0.15) is 17.0 Å². The lowest BCUT2D eigenvalue weighted by molar-refractivity contribution is -0.218. The van der Waals surface area contributed by atoms with Crippen LogP contribution < -0.4 is 4.74 Å². The van der Waals surface area contributed by atoms with Gasteiger partial charge in [-0.2, -0.15) is 0 Å². The molecule has 2 atom stereocenters. The Labute approximate surface area is 221 Å². The predicted molar refractivity (Wildman–Crippen MR) is 144 cm³/mol. The molecular formula is C29H34FN5O3. The van der Waals surface area contributed by atoms with E-state index in [9.17, 15) is 9.90 Å². The third kappa shape index (κ3) is 3.87. The van der Waals surface area contributed by atoms with Crippen LogP contribution >= 0.6 is 0 Å². The molecule has 0 radical (unpaired) electrons. The van der Waals surface area contributed by atoms with Crippen LogP contribution in [0.5, 0.6) is 5.75 Å². The third-order valence-electron chi connectivity index (χ3n) is 7.96. The molecule has 2 unspecified atom stereocenters. The van der Waals surface area contributed by atoms with Gasteiger partial charge in [-0.05, 0) is 24.3 Å². The highest BCUT2D eigenvalue weighted by molar-refractivity contribution is 5.86. The number of likely N-dealkylation sites (tertiary alicyclic amines) is 1. The van der Waals surface area contributed by atoms with Crippen LogP contribution in [-0.2, 0) is 0 Å². The molecule has 1 amide bonds. The van der Waals surface area contributed by atoms with E-state index in [1.807, 2.05) is 73.8 Å². The summed E-state index contributed by atoms with van der Waals surface area (Å²) in [4.78, 5) is 18.0. The molecule has 0 spiro atoms. The monoisotopic (exact) mass is 519 g/mol. The topological polar surface area (TPSA) is 92.9 Å². The maximum Gasteiger partial charge on any atom is 0.407 e. The molecule has 1 aromatic carbocycles. The molecule has 4 aromatic rings. The van der Waals surface area contributed by atoms with Crippen LogP contribution in [0.3, 0.4) is 0 Å². The van der Waals surface area contributed by atoms with E-state index >= 15 is 4.39 Å². The standard InChI is InChI=1S/C29H34FN5O3/c1-26(2,3)28(30)18-34(25(36)37)17-15-29(28,27(4,5)6)38-21-11-9-10-19-13-14-20(31-23(19)21)24-33-32-22-12-7-8-16-35(22)24/h7-14,16H,15,17-18H2,1-6H3,(H,36,37). The fourth-order valence-electron chi connectivity index (χ4n) is 5.75. The van der Waals surface area contributed by atoms with E-state index in [4.69, 9.17) is 9.72 Å². The minimum Gasteiger partial charge on any atom is -0.481 e. The SMILES string of the molecule is CC(C)(C)C1(F)CN(C(=O)O)CCC1(Oc1cccc2ccc(-c3nnc4ccccn34)nc12)C(C)(C)C. The van der Waals surface area contributed by atoms with Crippen molar-refractivity contribution in [2.45, 2.75) is 59.2 Å². The molecule has 4 heterocycles. The maximum absolute atomic E-state index is 17.6. The summed E-state index contributed by atoms with van der Waals surface area (Å²) in [6.07, 6.45) is 0.947. The van der Waals surface area contributed by atoms with Crippen molar-refractivity contribution in [2.24, 2.45) is 10.8 Å². The van der Waals surface area contributed by atoms with Crippen LogP contribution in [0.25, 0.3) is 28.1 Å². The van der Waals surface area contributed by atoms with E-state index in [0.29, 0.717) is 28.4 Å². The van der Waals surface area contributed by atoms with Crippen LogP contribution in [0.15, 0.2) is 54.7 Å². The Balaban J connectivity index is 1.67. The van der Waals surface area contributed by atoms with Crippen molar-refractivity contribution < 1.29 is 19.0 Å². The molecule has 3 aromatic heterocycles. The molecule has 1 aliphatic heterocycles. The number of rotatable bonds is 3. The Morgan fingerprint density at radius 3 is 2.45 bits per heavy atom. The molecule has 200 valence electrons. The molecule has 5 rings (SSSR count). The van der Waals surface area contributed by atoms with Gasteiger partial charge < -0.3 is 14.7 Å². The Morgan fingerprint density at radius 2 is 1.76 bits per heavy atom. The van der Waals surface area contributed by atoms with Crippen LogP contribution in [0.4, 0.5) is 9.18 Å². The molecule has 38 heavy (non-hydrogen) atoms. The van der Waals surface area contributed by atoms with E-state index in [0.717, 1.165) is 10.3 Å². The summed E-state index contributed by atoms with van der Waals surface area (Å²) >= 11 is 0. The highest BCUT2D eigenvalue weighted by atomic mass is 19.1. The fourth-order valence-corrected chi connectivity index (χ4v) is 5.75. The first kappa shape index (κ1) is 25.9. The number of benzene rings is 1. The second kappa shape index (κ2) is 8.64. The van der Waals surface area contributed by atoms with Gasteiger partial charge in [0.25, 0.3) is 0 Å². The Morgan fingerprint density at radius 1 is 1.00 bits per heavy atom. The summed E-state index contributed by atoms with van der Waals surface area (Å²) in [5.74, 6) is 1.04. The number of halogens is 1. The summed E-state index contributed by atoms with van der Waals surface area (Å²) in [5, 5.41) is 19.2. The first-order chi connectivity index (χ1) is 17.8. The zero-order valence-corrected chi connectivity index (χ0v) is 22.7. The zero-order chi connectivity index (χ0) is 27.5. The highest BCUT2D eigenvalue weighted by Crippen LogP contribution is 2.56. The van der Waals surface area contributed by atoms with Gasteiger partial charge in [0.2, 0.25) is 0 Å². The van der Waals surface area contributed by atoms with Gasteiger partial charge in [-0.3, -0.25) is 4.40 Å². The largest absolute Gasteiger partial charge is 0.481 e. The van der Waals surface area contributed by atoms with Crippen LogP contribution in [0.1, 0.15) is 48.0 Å². The molecule has 1 fully saturated rings. The smallest absolute Gasteiger partial charge is 0.407 e. The molecular weight excluding hydrogens is 485 g/mol. The molecule has 9 heteroatoms. The number of hydrogen-bond acceptors (Lipinski definition) is 5. The Kier molecular flexibility index (Phi) is 5.89. The van der Waals surface area contributed by atoms with Crippen LogP contribution in [-0.4, -0.2) is 60.0 Å². The number of pyridine rings is 2. The molecule has 0 saturated carbocycles. The van der Waals surface area contributed by atoms with E-state index in [-0.39, 0.29) is 19.5 Å². The minimum absolute atomic E-state index is 0.170. The van der Waals surface area contributed by atoms with Crippen molar-refractivity contribution >= 4 is 22.6 Å². The van der Waals surface area contributed by atoms with Crippen molar-refractivity contribution in [1.82, 2.24) is 24.5 Å². The number of fused-ring (bicyclic) bond motifs is 2. The molecule has 1 aliphatic rings. The summed E-state index contributed by atoms with van der Waals surface area (Å²) in [5.41, 5.74) is -3.03. The Hall–Kier alpha value is -3.75. The van der Waals surface area contributed by atoms with Crippen LogP contribution in [0.2, 0.25) is 0 Å². The Bertz CT molecular complexity index is 1520. The number of aromatic nitrogens is 4. The second-order valence-electron chi connectivity index (χ2n) is 12.2. The molecule has 8 nitrogen and oxygen atoms in total. The number of alkyl halides is 1. The van der Waals surface area contributed by atoms with Crippen molar-refractivity contribution in [3.8, 4) is 17.3 Å². The van der Waals surface area contributed by atoms with Gasteiger partial charge in [-0.1, -0.05) is 65.8 Å². The lowest BCUT2D eigenvalue weighted by Gasteiger charge is -2.60. The summed E-state index contributed by atoms with van der Waals surface area (Å²) in [6.45, 7) is 11.2. The van der Waals surface area contributed by atoms with E-state index < -0.39 is 28.2 Å². The normalized spacial score (nSPS) is 22.7. The van der Waals surface area contributed by atoms with Gasteiger partial charge in [0.15, 0.2) is 22.7 Å². The summed E-state index contributed by atoms with van der Waals surface area (Å²) in [7, 11) is 0. The van der Waals surface area contributed by atoms with Crippen molar-refractivity contribution in [3.05, 3.63) is 54.7 Å². The lowest BCUT2D eigenvalue weighted by atomic mass is 9.56. The zero-order valence-electron chi connectivity index (χ0n) is 22.7. The van der Waals surface area contributed by atoms with Crippen molar-refractivity contribution in [1.29, 1.82) is 0 Å². The van der Waals surface area contributed by atoms with E-state index in [2.05, 4.69) is 10.2 Å². The third-order valence-corrected chi connectivity index (χ3v) is 7.96. The summed E-state index contributed by atoms with van der Waals surface area (Å²) in [6, 6.07) is 15.1. The number of para-hydroxylation sites is 1. The number of piperidine rings is 1. The van der Waals surface area contributed by atoms with Gasteiger partial charge in [-0.15, -0.1) is 10.2 Å². The number of carboxylic acid groups (broad SMARTS) is 1. The molecule has 0 bridgehead atoms. The van der Waals surface area contributed by atoms with Crippen molar-refractivity contribution in [2.75, 3.05) is 13.1 Å².